The minimum atomic E-state index is -0.655. The van der Waals surface area contributed by atoms with Crippen molar-refractivity contribution < 1.29 is 19.1 Å². The fourth-order valence-corrected chi connectivity index (χ4v) is 3.97. The Morgan fingerprint density at radius 1 is 1.39 bits per heavy atom. The van der Waals surface area contributed by atoms with Crippen molar-refractivity contribution in [3.05, 3.63) is 28.8 Å². The molecule has 0 radical (unpaired) electrons. The van der Waals surface area contributed by atoms with E-state index in [1.807, 2.05) is 26.0 Å². The summed E-state index contributed by atoms with van der Waals surface area (Å²) in [5, 5.41) is 0. The highest BCUT2D eigenvalue weighted by atomic mass is 32.2. The Bertz CT molecular complexity index is 611. The number of hydrogen-bond donors (Lipinski definition) is 0. The number of fused-ring (bicyclic) bond motifs is 1. The van der Waals surface area contributed by atoms with E-state index in [2.05, 4.69) is 6.92 Å². The standard InChI is InChI=1S/C18H24O4S/c1-5-6-9-23-18(3)14-11-13(7-8-16(19)21-4)12(2)10-15(14)22-17(18)20/h10-11H,5-9H2,1-4H3. The van der Waals surface area contributed by atoms with E-state index in [-0.39, 0.29) is 11.9 Å². The highest BCUT2D eigenvalue weighted by molar-refractivity contribution is 8.00. The average Bonchev–Trinajstić information content (AvgIpc) is 2.76. The molecule has 126 valence electrons. The Kier molecular flexibility index (Phi) is 5.74. The predicted octanol–water partition coefficient (Wildman–Crippen LogP) is 3.77. The Labute approximate surface area is 141 Å². The molecule has 0 aliphatic carbocycles. The molecule has 1 heterocycles. The van der Waals surface area contributed by atoms with Gasteiger partial charge in [-0.25, -0.2) is 4.79 Å². The molecule has 0 aromatic heterocycles. The number of esters is 2. The highest BCUT2D eigenvalue weighted by Gasteiger charge is 2.45. The van der Waals surface area contributed by atoms with Crippen LogP contribution >= 0.6 is 11.8 Å². The molecule has 0 saturated carbocycles. The molecule has 0 bridgehead atoms. The van der Waals surface area contributed by atoms with Crippen LogP contribution in [0.3, 0.4) is 0 Å². The third-order valence-corrected chi connectivity index (χ3v) is 5.72. The third-order valence-electron chi connectivity index (χ3n) is 4.26. The maximum absolute atomic E-state index is 12.4. The van der Waals surface area contributed by atoms with Gasteiger partial charge in [-0.1, -0.05) is 13.3 Å². The van der Waals surface area contributed by atoms with E-state index >= 15 is 0 Å². The average molecular weight is 336 g/mol. The van der Waals surface area contributed by atoms with Crippen molar-refractivity contribution in [2.24, 2.45) is 0 Å². The zero-order valence-electron chi connectivity index (χ0n) is 14.2. The summed E-state index contributed by atoms with van der Waals surface area (Å²) >= 11 is 1.64. The van der Waals surface area contributed by atoms with Crippen molar-refractivity contribution >= 4 is 23.7 Å². The summed E-state index contributed by atoms with van der Waals surface area (Å²) in [5.41, 5.74) is 3.02. The van der Waals surface area contributed by atoms with Crippen LogP contribution < -0.4 is 4.74 Å². The van der Waals surface area contributed by atoms with Crippen LogP contribution in [0.2, 0.25) is 0 Å². The van der Waals surface area contributed by atoms with Gasteiger partial charge >= 0.3 is 11.9 Å². The fraction of sp³-hybridized carbons (Fsp3) is 0.556. The topological polar surface area (TPSA) is 52.6 Å². The van der Waals surface area contributed by atoms with Gasteiger partial charge in [0.25, 0.3) is 0 Å². The maximum Gasteiger partial charge on any atom is 0.332 e. The van der Waals surface area contributed by atoms with Crippen LogP contribution in [0.25, 0.3) is 0 Å². The van der Waals surface area contributed by atoms with Crippen molar-refractivity contribution in [2.45, 2.75) is 51.2 Å². The highest BCUT2D eigenvalue weighted by Crippen LogP contribution is 2.48. The van der Waals surface area contributed by atoms with Gasteiger partial charge in [0.15, 0.2) is 0 Å². The third kappa shape index (κ3) is 3.71. The van der Waals surface area contributed by atoms with E-state index in [4.69, 9.17) is 9.47 Å². The van der Waals surface area contributed by atoms with Crippen LogP contribution in [0, 0.1) is 6.92 Å². The number of aryl methyl sites for hydroxylation is 2. The molecule has 1 unspecified atom stereocenters. The van der Waals surface area contributed by atoms with E-state index in [1.165, 1.54) is 7.11 Å². The first-order valence-electron chi connectivity index (χ1n) is 7.99. The lowest BCUT2D eigenvalue weighted by Gasteiger charge is -2.20. The van der Waals surface area contributed by atoms with Gasteiger partial charge in [0.1, 0.15) is 10.5 Å². The number of benzene rings is 1. The normalized spacial score (nSPS) is 19.4. The Morgan fingerprint density at radius 3 is 2.78 bits per heavy atom. The zero-order valence-corrected chi connectivity index (χ0v) is 15.0. The number of thioether (sulfide) groups is 1. The minimum Gasteiger partial charge on any atom is -0.469 e. The van der Waals surface area contributed by atoms with Crippen LogP contribution in [-0.4, -0.2) is 24.8 Å². The summed E-state index contributed by atoms with van der Waals surface area (Å²) in [6.45, 7) is 6.04. The molecule has 0 spiro atoms. The number of unbranched alkanes of at least 4 members (excludes halogenated alkanes) is 1. The molecule has 1 aromatic carbocycles. The van der Waals surface area contributed by atoms with Crippen molar-refractivity contribution in [1.29, 1.82) is 0 Å². The van der Waals surface area contributed by atoms with E-state index < -0.39 is 4.75 Å². The second-order valence-corrected chi connectivity index (χ2v) is 7.49. The monoisotopic (exact) mass is 336 g/mol. The Hall–Kier alpha value is -1.49. The van der Waals surface area contributed by atoms with Gasteiger partial charge < -0.3 is 9.47 Å². The fourth-order valence-electron chi connectivity index (χ4n) is 2.66. The van der Waals surface area contributed by atoms with E-state index in [0.717, 1.165) is 35.3 Å². The molecule has 1 aromatic rings. The number of methoxy groups -OCH3 is 1. The molecule has 1 aliphatic rings. The number of ether oxygens (including phenoxy) is 2. The van der Waals surface area contributed by atoms with Gasteiger partial charge in [-0.05, 0) is 55.7 Å². The van der Waals surface area contributed by atoms with Crippen LogP contribution in [0.15, 0.2) is 12.1 Å². The molecule has 4 nitrogen and oxygen atoms in total. The summed E-state index contributed by atoms with van der Waals surface area (Å²) in [5.74, 6) is 1.16. The zero-order chi connectivity index (χ0) is 17.0. The van der Waals surface area contributed by atoms with Gasteiger partial charge in [-0.15, -0.1) is 11.8 Å². The Morgan fingerprint density at radius 2 is 2.13 bits per heavy atom. The molecule has 0 fully saturated rings. The summed E-state index contributed by atoms with van der Waals surface area (Å²) in [6.07, 6.45) is 3.12. The van der Waals surface area contributed by atoms with Gasteiger partial charge in [0, 0.05) is 12.0 Å². The molecule has 0 saturated heterocycles. The Balaban J connectivity index is 2.27. The molecule has 23 heavy (non-hydrogen) atoms. The van der Waals surface area contributed by atoms with Gasteiger partial charge in [0.2, 0.25) is 0 Å². The van der Waals surface area contributed by atoms with Gasteiger partial charge in [-0.3, -0.25) is 4.79 Å². The van der Waals surface area contributed by atoms with Crippen LogP contribution in [0.1, 0.15) is 49.8 Å². The van der Waals surface area contributed by atoms with Crippen molar-refractivity contribution in [1.82, 2.24) is 0 Å². The smallest absolute Gasteiger partial charge is 0.332 e. The molecule has 0 amide bonds. The first kappa shape index (κ1) is 17.9. The van der Waals surface area contributed by atoms with Gasteiger partial charge in [-0.2, -0.15) is 0 Å². The molecular weight excluding hydrogens is 312 g/mol. The number of hydrogen-bond acceptors (Lipinski definition) is 5. The molecule has 2 rings (SSSR count). The second-order valence-electron chi connectivity index (χ2n) is 5.98. The maximum atomic E-state index is 12.4. The number of rotatable bonds is 7. The summed E-state index contributed by atoms with van der Waals surface area (Å²) in [4.78, 5) is 23.7. The van der Waals surface area contributed by atoms with E-state index in [1.54, 1.807) is 11.8 Å². The van der Waals surface area contributed by atoms with Crippen LogP contribution in [-0.2, 0) is 25.5 Å². The lowest BCUT2D eigenvalue weighted by molar-refractivity contribution is -0.140. The van der Waals surface area contributed by atoms with Crippen LogP contribution in [0.4, 0.5) is 0 Å². The van der Waals surface area contributed by atoms with Gasteiger partial charge in [0.05, 0.1) is 7.11 Å². The van der Waals surface area contributed by atoms with E-state index in [0.29, 0.717) is 18.6 Å². The molecule has 5 heteroatoms. The van der Waals surface area contributed by atoms with Crippen LogP contribution in [0.5, 0.6) is 5.75 Å². The molecule has 1 aliphatic heterocycles. The number of carbonyl (C=O) groups is 2. The quantitative estimate of drug-likeness (QED) is 0.431. The SMILES string of the molecule is CCCCSC1(C)C(=O)Oc2cc(C)c(CCC(=O)OC)cc21. The number of carbonyl (C=O) groups excluding carboxylic acids is 2. The first-order valence-corrected chi connectivity index (χ1v) is 8.98. The van der Waals surface area contributed by atoms with Crippen molar-refractivity contribution in [2.75, 3.05) is 12.9 Å². The lowest BCUT2D eigenvalue weighted by Crippen LogP contribution is -2.27. The lowest BCUT2D eigenvalue weighted by atomic mass is 9.94. The second kappa shape index (κ2) is 7.39. The summed E-state index contributed by atoms with van der Waals surface area (Å²) in [7, 11) is 1.39. The van der Waals surface area contributed by atoms with Crippen molar-refractivity contribution in [3.8, 4) is 5.75 Å². The summed E-state index contributed by atoms with van der Waals surface area (Å²) < 4.78 is 9.54. The minimum absolute atomic E-state index is 0.196. The molecular formula is C18H24O4S. The largest absolute Gasteiger partial charge is 0.469 e. The molecule has 0 N–H and O–H groups in total. The predicted molar refractivity (Wildman–Crippen MR) is 91.9 cm³/mol. The molecule has 1 atom stereocenters. The van der Waals surface area contributed by atoms with E-state index in [9.17, 15) is 9.59 Å². The first-order chi connectivity index (χ1) is 10.9. The van der Waals surface area contributed by atoms with Crippen molar-refractivity contribution in [3.63, 3.8) is 0 Å². The summed E-state index contributed by atoms with van der Waals surface area (Å²) in [6, 6.07) is 3.93.